The normalized spacial score (nSPS) is 14.5. The number of benzene rings is 5. The van der Waals surface area contributed by atoms with Crippen LogP contribution in [-0.2, 0) is 31.0 Å². The molecule has 12 heteroatoms. The number of allylic oxidation sites excluding steroid dienone is 2. The summed E-state index contributed by atoms with van der Waals surface area (Å²) in [7, 11) is -0.595. The van der Waals surface area contributed by atoms with Gasteiger partial charge in [-0.2, -0.15) is 0 Å². The van der Waals surface area contributed by atoms with E-state index in [-0.39, 0.29) is 27.4 Å². The molecule has 0 bridgehead atoms. The van der Waals surface area contributed by atoms with Gasteiger partial charge in [-0.3, -0.25) is 0 Å². The molecule has 0 amide bonds. The summed E-state index contributed by atoms with van der Waals surface area (Å²) in [4.78, 5) is 5.52. The molecule has 1 aromatic heterocycles. The average Bonchev–Trinajstić information content (AvgIpc) is 3.97. The zero-order valence-electron chi connectivity index (χ0n) is 45.0. The van der Waals surface area contributed by atoms with Crippen molar-refractivity contribution in [2.24, 2.45) is 4.99 Å². The Morgan fingerprint density at radius 3 is 1.35 bits per heavy atom. The molecule has 0 fully saturated rings. The molecule has 390 valence electrons. The highest BCUT2D eigenvalue weighted by Crippen LogP contribution is 2.48. The average molecular weight is 1020 g/mol. The van der Waals surface area contributed by atoms with Crippen LogP contribution in [0.2, 0.25) is 0 Å². The van der Waals surface area contributed by atoms with E-state index in [2.05, 4.69) is 107 Å². The molecule has 5 aromatic carbocycles. The van der Waals surface area contributed by atoms with Crippen molar-refractivity contribution in [1.29, 1.82) is 0 Å². The Hall–Kier alpha value is -6.11. The van der Waals surface area contributed by atoms with Gasteiger partial charge in [0.15, 0.2) is 13.3 Å². The fourth-order valence-corrected chi connectivity index (χ4v) is 8.88. The topological polar surface area (TPSA) is 45.0 Å². The third kappa shape index (κ3) is 12.5. The van der Waals surface area contributed by atoms with Gasteiger partial charge in [-0.05, 0) is 78.8 Å². The molecule has 1 aliphatic rings. The lowest BCUT2D eigenvalue weighted by molar-refractivity contribution is -0.0824. The maximum Gasteiger partial charge on any atom is 0.598 e. The lowest BCUT2D eigenvalue weighted by Gasteiger charge is -2.27. The number of methoxy groups -OCH3 is 1. The van der Waals surface area contributed by atoms with Crippen molar-refractivity contribution in [1.82, 2.24) is 4.48 Å². The van der Waals surface area contributed by atoms with Crippen LogP contribution in [0.1, 0.15) is 128 Å². The van der Waals surface area contributed by atoms with Crippen LogP contribution in [0.5, 0.6) is 5.75 Å². The number of rotatable bonds is 16. The third-order valence-electron chi connectivity index (χ3n) is 13.3. The molecule has 0 aliphatic carbocycles. The first-order valence-corrected chi connectivity index (χ1v) is 25.0. The van der Waals surface area contributed by atoms with Gasteiger partial charge in [0.25, 0.3) is 11.8 Å². The van der Waals surface area contributed by atoms with Crippen LogP contribution in [-0.4, -0.2) is 63.0 Å². The lowest BCUT2D eigenvalue weighted by Crippen LogP contribution is -2.42. The molecule has 0 saturated heterocycles. The Kier molecular flexibility index (Phi) is 16.0. The van der Waals surface area contributed by atoms with Gasteiger partial charge >= 0.3 is 7.25 Å². The number of alkyl halides is 6. The second-order valence-corrected chi connectivity index (χ2v) is 23.4. The number of para-hydroxylation sites is 1. The van der Waals surface area contributed by atoms with Gasteiger partial charge in [0.1, 0.15) is 5.75 Å². The van der Waals surface area contributed by atoms with E-state index in [1.54, 1.807) is 6.07 Å². The number of hydrogen-bond donors (Lipinski definition) is 0. The van der Waals surface area contributed by atoms with Crippen molar-refractivity contribution in [3.8, 4) is 28.1 Å². The lowest BCUT2D eigenvalue weighted by atomic mass is 9.84. The van der Waals surface area contributed by atoms with Gasteiger partial charge in [0, 0.05) is 33.5 Å². The molecule has 6 aromatic rings. The standard InChI is InChI=1S/C62H69BF6N2O3/c1-57(2,3)44-26-18-40(19-27-44)49-34-51(42-22-30-46(31-23-42)59(7,8)9)70-55(49)54(48-16-14-15-17-53(48)72-13)56-50(41-20-28-45(29-21-41)58(4,5)6)35-52(43-24-32-47(33-25-43)60(10,11)12)71(56)63(73-38-61(66,67)36-64)74-39-62(68,69)37-65/h14-35H,36-39H2,1-13H3/b55-54-. The summed E-state index contributed by atoms with van der Waals surface area (Å²) in [5.41, 5.74) is 9.94. The van der Waals surface area contributed by atoms with Crippen molar-refractivity contribution < 1.29 is 40.4 Å². The molecule has 74 heavy (non-hydrogen) atoms. The van der Waals surface area contributed by atoms with Crippen molar-refractivity contribution >= 4 is 24.1 Å². The first kappa shape index (κ1) is 55.6. The number of aromatic nitrogens is 1. The minimum Gasteiger partial charge on any atom is -0.496 e. The van der Waals surface area contributed by atoms with Crippen LogP contribution < -0.4 is 4.74 Å². The number of halogens is 6. The Labute approximate surface area is 434 Å². The van der Waals surface area contributed by atoms with Crippen LogP contribution in [0.15, 0.2) is 144 Å². The minimum absolute atomic E-state index is 0.130. The second-order valence-electron chi connectivity index (χ2n) is 23.4. The molecule has 0 N–H and O–H groups in total. The predicted octanol–water partition coefficient (Wildman–Crippen LogP) is 16.4. The van der Waals surface area contributed by atoms with Crippen LogP contribution in [0.3, 0.4) is 0 Å². The van der Waals surface area contributed by atoms with Gasteiger partial charge in [0.2, 0.25) is 0 Å². The summed E-state index contributed by atoms with van der Waals surface area (Å²) >= 11 is 0. The summed E-state index contributed by atoms with van der Waals surface area (Å²) < 4.78 is 108. The van der Waals surface area contributed by atoms with Gasteiger partial charge in [-0.15, -0.1) is 0 Å². The second kappa shape index (κ2) is 21.3. The van der Waals surface area contributed by atoms with E-state index >= 15 is 17.6 Å². The Morgan fingerprint density at radius 2 is 0.932 bits per heavy atom. The van der Waals surface area contributed by atoms with E-state index in [0.29, 0.717) is 56.3 Å². The molecule has 7 rings (SSSR count). The van der Waals surface area contributed by atoms with E-state index in [9.17, 15) is 8.78 Å². The zero-order valence-corrected chi connectivity index (χ0v) is 45.0. The molecular formula is C62H69BF6N2O3. The number of aliphatic imine (C=N–C) groups is 1. The number of nitrogens with zero attached hydrogens (tertiary/aromatic N) is 2. The molecular weight excluding hydrogens is 945 g/mol. The first-order valence-electron chi connectivity index (χ1n) is 25.0. The number of hydrogen-bond acceptors (Lipinski definition) is 4. The van der Waals surface area contributed by atoms with Gasteiger partial charge < -0.3 is 18.5 Å². The van der Waals surface area contributed by atoms with Crippen molar-refractivity contribution in [2.75, 3.05) is 33.7 Å². The van der Waals surface area contributed by atoms with E-state index in [1.807, 2.05) is 103 Å². The fraction of sp³-hybridized carbons (Fsp3) is 0.371. The van der Waals surface area contributed by atoms with Gasteiger partial charge in [-0.1, -0.05) is 198 Å². The summed E-state index contributed by atoms with van der Waals surface area (Å²) in [6.07, 6.45) is 2.01. The van der Waals surface area contributed by atoms with Crippen LogP contribution in [0.25, 0.3) is 33.5 Å². The zero-order chi connectivity index (χ0) is 54.2. The van der Waals surface area contributed by atoms with Crippen LogP contribution in [0, 0.1) is 0 Å². The highest BCUT2D eigenvalue weighted by Gasteiger charge is 2.42. The summed E-state index contributed by atoms with van der Waals surface area (Å²) in [6.45, 7) is 18.0. The fourth-order valence-electron chi connectivity index (χ4n) is 8.88. The van der Waals surface area contributed by atoms with Crippen molar-refractivity contribution in [3.05, 3.63) is 184 Å². The minimum atomic E-state index is -4.05. The Morgan fingerprint density at radius 1 is 0.527 bits per heavy atom. The molecule has 2 heterocycles. The molecule has 1 aliphatic heterocycles. The summed E-state index contributed by atoms with van der Waals surface area (Å²) in [6, 6.07) is 41.1. The van der Waals surface area contributed by atoms with Crippen molar-refractivity contribution in [3.63, 3.8) is 0 Å². The van der Waals surface area contributed by atoms with E-state index in [0.717, 1.165) is 33.4 Å². The largest absolute Gasteiger partial charge is 0.598 e. The summed E-state index contributed by atoms with van der Waals surface area (Å²) in [5, 5.41) is 0. The Bertz CT molecular complexity index is 3000. The molecule has 0 unspecified atom stereocenters. The first-order chi connectivity index (χ1) is 34.5. The van der Waals surface area contributed by atoms with Gasteiger partial charge in [0.05, 0.1) is 37.4 Å². The maximum atomic E-state index is 15.2. The van der Waals surface area contributed by atoms with Crippen LogP contribution >= 0.6 is 0 Å². The van der Waals surface area contributed by atoms with E-state index < -0.39 is 45.7 Å². The van der Waals surface area contributed by atoms with Crippen molar-refractivity contribution in [2.45, 2.75) is 117 Å². The molecule has 5 nitrogen and oxygen atoms in total. The quantitative estimate of drug-likeness (QED) is 0.0717. The highest BCUT2D eigenvalue weighted by molar-refractivity contribution is 6.44. The van der Waals surface area contributed by atoms with Gasteiger partial charge in [-0.25, -0.2) is 31.3 Å². The molecule has 0 saturated carbocycles. The smallest absolute Gasteiger partial charge is 0.496 e. The predicted molar refractivity (Wildman–Crippen MR) is 291 cm³/mol. The van der Waals surface area contributed by atoms with Crippen LogP contribution in [0.4, 0.5) is 26.3 Å². The molecule has 0 spiro atoms. The van der Waals surface area contributed by atoms with E-state index in [1.165, 1.54) is 11.6 Å². The monoisotopic (exact) mass is 1010 g/mol. The van der Waals surface area contributed by atoms with E-state index in [4.69, 9.17) is 19.0 Å². The maximum absolute atomic E-state index is 15.2. The highest BCUT2D eigenvalue weighted by atomic mass is 19.3. The number of ether oxygens (including phenoxy) is 1. The molecule has 0 radical (unpaired) electrons. The third-order valence-corrected chi connectivity index (χ3v) is 13.3. The Balaban J connectivity index is 1.71. The molecule has 0 atom stereocenters. The summed E-state index contributed by atoms with van der Waals surface area (Å²) in [5.74, 6) is -7.70. The SMILES string of the molecule is COc1ccccc1/C(=C1/N=C(c2ccc(C(C)(C)C)cc2)C=C1c1ccc(C(C)(C)C)cc1)c1c(-c2ccc(C(C)(C)C)cc2)cc(-c2ccc(C(C)(C)C)cc2)n1B(OCC(F)(F)CF)OCC(F)(F)CF.